The lowest BCUT2D eigenvalue weighted by atomic mass is 10.2. The molecule has 106 valence electrons. The van der Waals surface area contributed by atoms with E-state index in [-0.39, 0.29) is 5.56 Å². The minimum Gasteiger partial charge on any atom is -0.478 e. The van der Waals surface area contributed by atoms with Crippen molar-refractivity contribution in [1.29, 1.82) is 0 Å². The molecule has 0 saturated heterocycles. The molecule has 4 rings (SSSR count). The third-order valence-corrected chi connectivity index (χ3v) is 5.71. The Hall–Kier alpha value is -1.79. The van der Waals surface area contributed by atoms with Crippen molar-refractivity contribution in [3.8, 4) is 10.8 Å². The van der Waals surface area contributed by atoms with Crippen LogP contribution >= 0.6 is 23.1 Å². The zero-order valence-electron chi connectivity index (χ0n) is 11.0. The van der Waals surface area contributed by atoms with Gasteiger partial charge in [-0.25, -0.2) is 9.78 Å². The normalized spacial score (nSPS) is 14.3. The Morgan fingerprint density at radius 3 is 3.05 bits per heavy atom. The summed E-state index contributed by atoms with van der Waals surface area (Å²) in [5.41, 5.74) is 2.81. The number of thioether (sulfide) groups is 1. The van der Waals surface area contributed by atoms with Gasteiger partial charge in [0.1, 0.15) is 5.52 Å². The Bertz CT molecular complexity index is 826. The van der Waals surface area contributed by atoms with Gasteiger partial charge in [0.05, 0.1) is 10.4 Å². The van der Waals surface area contributed by atoms with Crippen molar-refractivity contribution in [1.82, 2.24) is 4.98 Å². The number of benzene rings is 1. The van der Waals surface area contributed by atoms with Gasteiger partial charge in [-0.15, -0.1) is 11.3 Å². The molecule has 0 saturated carbocycles. The highest BCUT2D eigenvalue weighted by Gasteiger charge is 2.18. The predicted molar refractivity (Wildman–Crippen MR) is 84.1 cm³/mol. The molecule has 1 aliphatic rings. The topological polar surface area (TPSA) is 63.3 Å². The fourth-order valence-electron chi connectivity index (χ4n) is 2.42. The smallest absolute Gasteiger partial charge is 0.335 e. The Morgan fingerprint density at radius 1 is 1.33 bits per heavy atom. The largest absolute Gasteiger partial charge is 0.478 e. The number of thiophene rings is 1. The van der Waals surface area contributed by atoms with Gasteiger partial charge < -0.3 is 9.52 Å². The monoisotopic (exact) mass is 317 g/mol. The molecule has 0 spiro atoms. The summed E-state index contributed by atoms with van der Waals surface area (Å²) in [6.45, 7) is 0. The molecule has 0 aliphatic carbocycles. The highest BCUT2D eigenvalue weighted by Crippen LogP contribution is 2.37. The van der Waals surface area contributed by atoms with Gasteiger partial charge in [-0.05, 0) is 42.0 Å². The van der Waals surface area contributed by atoms with Crippen LogP contribution in [0.2, 0.25) is 0 Å². The molecule has 4 nitrogen and oxygen atoms in total. The van der Waals surface area contributed by atoms with Crippen molar-refractivity contribution in [3.05, 3.63) is 40.3 Å². The molecule has 0 radical (unpaired) electrons. The highest BCUT2D eigenvalue weighted by molar-refractivity contribution is 7.98. The van der Waals surface area contributed by atoms with Crippen LogP contribution in [0.15, 0.2) is 28.7 Å². The van der Waals surface area contributed by atoms with Crippen LogP contribution in [0.1, 0.15) is 20.8 Å². The molecule has 3 aromatic rings. The number of oxazole rings is 1. The average Bonchev–Trinajstić information content (AvgIpc) is 3.09. The van der Waals surface area contributed by atoms with Crippen molar-refractivity contribution in [3.63, 3.8) is 0 Å². The number of nitrogens with zero attached hydrogens (tertiary/aromatic N) is 1. The van der Waals surface area contributed by atoms with E-state index in [1.165, 1.54) is 22.3 Å². The Balaban J connectivity index is 1.79. The zero-order valence-corrected chi connectivity index (χ0v) is 12.6. The third-order valence-electron chi connectivity index (χ3n) is 3.47. The van der Waals surface area contributed by atoms with Gasteiger partial charge in [0.25, 0.3) is 0 Å². The molecule has 6 heteroatoms. The first-order valence-corrected chi connectivity index (χ1v) is 8.51. The molecule has 1 aromatic carbocycles. The first kappa shape index (κ1) is 12.9. The Kier molecular flexibility index (Phi) is 3.01. The molecule has 3 heterocycles. The molecule has 0 unspecified atom stereocenters. The van der Waals surface area contributed by atoms with Crippen LogP contribution in [0.5, 0.6) is 0 Å². The summed E-state index contributed by atoms with van der Waals surface area (Å²) in [5.74, 6) is 1.85. The summed E-state index contributed by atoms with van der Waals surface area (Å²) in [5, 5.41) is 9.02. The van der Waals surface area contributed by atoms with Gasteiger partial charge in [-0.2, -0.15) is 11.8 Å². The summed E-state index contributed by atoms with van der Waals surface area (Å²) in [4.78, 5) is 17.9. The van der Waals surface area contributed by atoms with E-state index in [2.05, 4.69) is 11.1 Å². The van der Waals surface area contributed by atoms with Crippen molar-refractivity contribution < 1.29 is 14.3 Å². The Morgan fingerprint density at radius 2 is 2.24 bits per heavy atom. The number of hydrogen-bond acceptors (Lipinski definition) is 5. The van der Waals surface area contributed by atoms with E-state index in [0.29, 0.717) is 17.0 Å². The summed E-state index contributed by atoms with van der Waals surface area (Å²) in [6, 6.07) is 6.90. The molecule has 21 heavy (non-hydrogen) atoms. The lowest BCUT2D eigenvalue weighted by molar-refractivity contribution is 0.0697. The number of hydrogen-bond donors (Lipinski definition) is 1. The number of aryl methyl sites for hydroxylation is 1. The van der Waals surface area contributed by atoms with Crippen molar-refractivity contribution in [2.75, 3.05) is 5.75 Å². The van der Waals surface area contributed by atoms with E-state index in [0.717, 1.165) is 17.1 Å². The van der Waals surface area contributed by atoms with Gasteiger partial charge in [-0.3, -0.25) is 0 Å². The second-order valence-corrected chi connectivity index (χ2v) is 7.11. The highest BCUT2D eigenvalue weighted by atomic mass is 32.2. The van der Waals surface area contributed by atoms with E-state index in [1.807, 2.05) is 11.8 Å². The number of carboxylic acid groups (broad SMARTS) is 1. The van der Waals surface area contributed by atoms with Crippen molar-refractivity contribution in [2.24, 2.45) is 0 Å². The summed E-state index contributed by atoms with van der Waals surface area (Å²) in [7, 11) is 0. The molecule has 1 aliphatic heterocycles. The van der Waals surface area contributed by atoms with Crippen LogP contribution in [-0.2, 0) is 12.2 Å². The maximum absolute atomic E-state index is 11.0. The molecule has 0 atom stereocenters. The van der Waals surface area contributed by atoms with Gasteiger partial charge in [0.15, 0.2) is 5.58 Å². The van der Waals surface area contributed by atoms with Crippen LogP contribution in [0, 0.1) is 0 Å². The second kappa shape index (κ2) is 4.89. The van der Waals surface area contributed by atoms with Crippen molar-refractivity contribution >= 4 is 40.2 Å². The maximum Gasteiger partial charge on any atom is 0.335 e. The van der Waals surface area contributed by atoms with Crippen LogP contribution in [0.25, 0.3) is 21.9 Å². The number of carbonyl (C=O) groups is 1. The zero-order chi connectivity index (χ0) is 14.4. The first-order valence-electron chi connectivity index (χ1n) is 6.54. The lowest BCUT2D eigenvalue weighted by Crippen LogP contribution is -1.96. The molecule has 0 bridgehead atoms. The van der Waals surface area contributed by atoms with E-state index >= 15 is 0 Å². The van der Waals surface area contributed by atoms with Crippen LogP contribution in [0.4, 0.5) is 0 Å². The van der Waals surface area contributed by atoms with Crippen LogP contribution in [0.3, 0.4) is 0 Å². The molecule has 0 fully saturated rings. The fraction of sp³-hybridized carbons (Fsp3) is 0.200. The minimum absolute atomic E-state index is 0.226. The number of fused-ring (bicyclic) bond motifs is 2. The number of rotatable bonds is 2. The van der Waals surface area contributed by atoms with Crippen molar-refractivity contribution in [2.45, 2.75) is 12.2 Å². The molecule has 0 amide bonds. The summed E-state index contributed by atoms with van der Waals surface area (Å²) < 4.78 is 5.77. The SMILES string of the molecule is O=C(O)c1ccc2oc(-c3cc4c(s3)CCSC4)nc2c1. The van der Waals surface area contributed by atoms with Gasteiger partial charge in [0, 0.05) is 10.6 Å². The summed E-state index contributed by atoms with van der Waals surface area (Å²) in [6.07, 6.45) is 1.11. The number of aromatic carboxylic acids is 1. The molecule has 2 aromatic heterocycles. The van der Waals surface area contributed by atoms with E-state index < -0.39 is 5.97 Å². The standard InChI is InChI=1S/C15H11NO3S2/c17-15(18)8-1-2-11-10(5-8)16-14(19-11)13-6-9-7-20-4-3-12(9)21-13/h1-2,5-6H,3-4,7H2,(H,17,18). The predicted octanol–water partition coefficient (Wildman–Crippen LogP) is 4.04. The van der Waals surface area contributed by atoms with E-state index in [4.69, 9.17) is 9.52 Å². The maximum atomic E-state index is 11.0. The van der Waals surface area contributed by atoms with E-state index in [1.54, 1.807) is 23.5 Å². The van der Waals surface area contributed by atoms with Gasteiger partial charge in [-0.1, -0.05) is 0 Å². The van der Waals surface area contributed by atoms with E-state index in [9.17, 15) is 4.79 Å². The van der Waals surface area contributed by atoms with Crippen LogP contribution in [-0.4, -0.2) is 21.8 Å². The number of aromatic nitrogens is 1. The summed E-state index contributed by atoms with van der Waals surface area (Å²) >= 11 is 3.67. The average molecular weight is 317 g/mol. The minimum atomic E-state index is -0.954. The third kappa shape index (κ3) is 2.24. The second-order valence-electron chi connectivity index (χ2n) is 4.87. The van der Waals surface area contributed by atoms with Gasteiger partial charge in [0.2, 0.25) is 5.89 Å². The fourth-order valence-corrected chi connectivity index (χ4v) is 4.72. The molecular formula is C15H11NO3S2. The lowest BCUT2D eigenvalue weighted by Gasteiger charge is -2.08. The molecular weight excluding hydrogens is 306 g/mol. The Labute approximate surface area is 128 Å². The first-order chi connectivity index (χ1) is 10.2. The molecule has 1 N–H and O–H groups in total. The van der Waals surface area contributed by atoms with Crippen LogP contribution < -0.4 is 0 Å². The quantitative estimate of drug-likeness (QED) is 0.772. The number of carboxylic acids is 1. The van der Waals surface area contributed by atoms with Gasteiger partial charge >= 0.3 is 5.97 Å².